The van der Waals surface area contributed by atoms with E-state index in [0.717, 1.165) is 23.7 Å². The number of carboxylic acid groups (broad SMARTS) is 1. The van der Waals surface area contributed by atoms with Gasteiger partial charge in [-0.25, -0.2) is 4.79 Å². The predicted octanol–water partition coefficient (Wildman–Crippen LogP) is 9.71. The van der Waals surface area contributed by atoms with Crippen LogP contribution in [0.3, 0.4) is 0 Å². The molecule has 0 radical (unpaired) electrons. The molecule has 0 aliphatic heterocycles. The first-order chi connectivity index (χ1) is 19.8. The number of carbonyl (C=O) groups excluding carboxylic acids is 1. The second-order valence-electron chi connectivity index (χ2n) is 13.0. The molecule has 0 saturated carbocycles. The topological polar surface area (TPSA) is 77.4 Å². The highest BCUT2D eigenvalue weighted by molar-refractivity contribution is 5.99. The first-order valence-electron chi connectivity index (χ1n) is 17.2. The van der Waals surface area contributed by atoms with Crippen LogP contribution in [0.25, 0.3) is 0 Å². The molecule has 1 N–H and O–H groups in total. The molecule has 0 amide bonds. The standard InChI is InChI=1S/C36H63NO4/c1-4-5-6-7-8-9-10-11-12-13-15-18-21-24-29-37(2,3)30-25-22-19-16-14-17-20-23-26-34(38)32-27-28-35(39)33(31-32)36(40)41/h27-28,31H,4-26,29-30H2,1-3H3,(H-,38,39,40,41). The predicted molar refractivity (Wildman–Crippen MR) is 171 cm³/mol. The number of quaternary nitrogens is 1. The Kier molecular flexibility index (Phi) is 21.4. The van der Waals surface area contributed by atoms with Gasteiger partial charge in [-0.2, -0.15) is 0 Å². The number of benzene rings is 1. The number of carbonyl (C=O) groups is 2. The smallest absolute Gasteiger partial charge is 0.335 e. The third-order valence-corrected chi connectivity index (χ3v) is 8.57. The van der Waals surface area contributed by atoms with E-state index in [4.69, 9.17) is 5.11 Å². The van der Waals surface area contributed by atoms with Crippen LogP contribution in [0, 0.1) is 0 Å². The number of hydrogen-bond acceptors (Lipinski definition) is 3. The number of nitrogens with zero attached hydrogens (tertiary/aromatic N) is 1. The molecule has 0 saturated heterocycles. The normalized spacial score (nSPS) is 11.7. The summed E-state index contributed by atoms with van der Waals surface area (Å²) < 4.78 is 1.15. The number of Topliss-reactive ketones (excluding diaryl/α,β-unsaturated/α-hetero) is 1. The molecule has 41 heavy (non-hydrogen) atoms. The van der Waals surface area contributed by atoms with E-state index in [0.29, 0.717) is 12.0 Å². The molecule has 1 aromatic carbocycles. The number of ketones is 1. The number of rotatable bonds is 28. The van der Waals surface area contributed by atoms with Crippen LogP contribution in [-0.4, -0.2) is 48.5 Å². The van der Waals surface area contributed by atoms with Gasteiger partial charge in [-0.15, -0.1) is 0 Å². The van der Waals surface area contributed by atoms with Crippen LogP contribution in [0.4, 0.5) is 0 Å². The zero-order valence-electron chi connectivity index (χ0n) is 27.0. The van der Waals surface area contributed by atoms with Crippen molar-refractivity contribution in [1.29, 1.82) is 0 Å². The van der Waals surface area contributed by atoms with Crippen molar-refractivity contribution in [3.8, 4) is 5.75 Å². The van der Waals surface area contributed by atoms with Crippen molar-refractivity contribution < 1.29 is 24.3 Å². The van der Waals surface area contributed by atoms with Crippen molar-refractivity contribution in [2.75, 3.05) is 27.2 Å². The fourth-order valence-corrected chi connectivity index (χ4v) is 5.75. The van der Waals surface area contributed by atoms with Crippen molar-refractivity contribution in [1.82, 2.24) is 0 Å². The Labute approximate surface area is 252 Å². The summed E-state index contributed by atoms with van der Waals surface area (Å²) in [6.45, 7) is 4.86. The zero-order valence-corrected chi connectivity index (χ0v) is 27.0. The molecule has 236 valence electrons. The Morgan fingerprint density at radius 1 is 0.634 bits per heavy atom. The third-order valence-electron chi connectivity index (χ3n) is 8.57. The van der Waals surface area contributed by atoms with Gasteiger partial charge in [-0.3, -0.25) is 4.79 Å². The lowest BCUT2D eigenvalue weighted by Crippen LogP contribution is -2.41. The second kappa shape index (κ2) is 23.7. The summed E-state index contributed by atoms with van der Waals surface area (Å²) in [7, 11) is 4.78. The van der Waals surface area contributed by atoms with E-state index >= 15 is 0 Å². The van der Waals surface area contributed by atoms with E-state index in [1.807, 2.05) is 0 Å². The van der Waals surface area contributed by atoms with Crippen molar-refractivity contribution in [3.63, 3.8) is 0 Å². The lowest BCUT2D eigenvalue weighted by molar-refractivity contribution is -0.890. The molecule has 0 unspecified atom stereocenters. The quantitative estimate of drug-likeness (QED) is 0.0615. The fraction of sp³-hybridized carbons (Fsp3) is 0.778. The van der Waals surface area contributed by atoms with Gasteiger partial charge in [-0.05, 0) is 38.2 Å². The van der Waals surface area contributed by atoms with E-state index in [1.54, 1.807) is 0 Å². The summed E-state index contributed by atoms with van der Waals surface area (Å²) in [5.41, 5.74) is 0.000483. The first-order valence-corrected chi connectivity index (χ1v) is 17.2. The van der Waals surface area contributed by atoms with E-state index in [-0.39, 0.29) is 11.3 Å². The summed E-state index contributed by atoms with van der Waals surface area (Å²) in [5.74, 6) is -1.92. The molecule has 0 spiro atoms. The summed E-state index contributed by atoms with van der Waals surface area (Å²) in [4.78, 5) is 23.4. The van der Waals surface area contributed by atoms with Gasteiger partial charge in [0.25, 0.3) is 0 Å². The lowest BCUT2D eigenvalue weighted by Gasteiger charge is -2.30. The van der Waals surface area contributed by atoms with Gasteiger partial charge >= 0.3 is 5.97 Å². The highest BCUT2D eigenvalue weighted by Gasteiger charge is 2.14. The Bertz CT molecular complexity index is 820. The molecule has 0 heterocycles. The van der Waals surface area contributed by atoms with Gasteiger partial charge in [0.1, 0.15) is 0 Å². The number of unbranched alkanes of at least 4 members (excludes halogenated alkanes) is 20. The van der Waals surface area contributed by atoms with Gasteiger partial charge in [0.05, 0.1) is 32.7 Å². The summed E-state index contributed by atoms with van der Waals surface area (Å²) in [6, 6.07) is 3.83. The molecular weight excluding hydrogens is 510 g/mol. The minimum Gasteiger partial charge on any atom is -0.872 e. The van der Waals surface area contributed by atoms with Gasteiger partial charge in [-0.1, -0.05) is 134 Å². The van der Waals surface area contributed by atoms with E-state index < -0.39 is 11.7 Å². The molecule has 0 atom stereocenters. The molecular formula is C36H63NO4. The highest BCUT2D eigenvalue weighted by atomic mass is 16.4. The van der Waals surface area contributed by atoms with Crippen molar-refractivity contribution in [3.05, 3.63) is 29.3 Å². The average molecular weight is 574 g/mol. The van der Waals surface area contributed by atoms with E-state index in [1.165, 1.54) is 153 Å². The number of hydrogen-bond donors (Lipinski definition) is 1. The second-order valence-corrected chi connectivity index (χ2v) is 13.0. The van der Waals surface area contributed by atoms with Gasteiger partial charge in [0.2, 0.25) is 0 Å². The first kappa shape index (κ1) is 37.1. The van der Waals surface area contributed by atoms with Crippen LogP contribution in [0.2, 0.25) is 0 Å². The monoisotopic (exact) mass is 573 g/mol. The van der Waals surface area contributed by atoms with E-state index in [9.17, 15) is 14.7 Å². The van der Waals surface area contributed by atoms with Crippen molar-refractivity contribution in [2.24, 2.45) is 0 Å². The maximum absolute atomic E-state index is 12.3. The summed E-state index contributed by atoms with van der Waals surface area (Å²) >= 11 is 0. The highest BCUT2D eigenvalue weighted by Crippen LogP contribution is 2.19. The molecule has 0 aromatic heterocycles. The fourth-order valence-electron chi connectivity index (χ4n) is 5.75. The minimum absolute atomic E-state index is 0.0812. The van der Waals surface area contributed by atoms with Gasteiger partial charge in [0, 0.05) is 12.0 Å². The van der Waals surface area contributed by atoms with Gasteiger partial charge < -0.3 is 14.7 Å². The molecule has 5 heteroatoms. The molecule has 0 aliphatic rings. The van der Waals surface area contributed by atoms with Crippen molar-refractivity contribution in [2.45, 2.75) is 155 Å². The summed E-state index contributed by atoms with van der Waals surface area (Å²) in [5, 5.41) is 20.6. The Hall–Kier alpha value is -1.88. The molecule has 0 bridgehead atoms. The van der Waals surface area contributed by atoms with Crippen LogP contribution in [0.1, 0.15) is 175 Å². The largest absolute Gasteiger partial charge is 0.872 e. The molecule has 0 fully saturated rings. The van der Waals surface area contributed by atoms with E-state index in [2.05, 4.69) is 21.0 Å². The Balaban J connectivity index is 1.91. The van der Waals surface area contributed by atoms with Crippen LogP contribution >= 0.6 is 0 Å². The maximum atomic E-state index is 12.3. The van der Waals surface area contributed by atoms with Gasteiger partial charge in [0.15, 0.2) is 5.78 Å². The SMILES string of the molecule is CCCCCCCCCCCCCCCC[N+](C)(C)CCCCCCCCCCC(=O)c1ccc([O-])c(C(=O)O)c1. The van der Waals surface area contributed by atoms with Crippen LogP contribution in [-0.2, 0) is 0 Å². The Morgan fingerprint density at radius 3 is 1.44 bits per heavy atom. The third kappa shape index (κ3) is 19.8. The molecule has 1 rings (SSSR count). The lowest BCUT2D eigenvalue weighted by atomic mass is 10.0. The number of carboxylic acids is 1. The molecule has 5 nitrogen and oxygen atoms in total. The van der Waals surface area contributed by atoms with Crippen LogP contribution < -0.4 is 5.11 Å². The maximum Gasteiger partial charge on any atom is 0.335 e. The van der Waals surface area contributed by atoms with Crippen molar-refractivity contribution >= 4 is 11.8 Å². The van der Waals surface area contributed by atoms with Crippen LogP contribution in [0.5, 0.6) is 5.75 Å². The average Bonchev–Trinajstić information content (AvgIpc) is 2.94. The van der Waals surface area contributed by atoms with Crippen LogP contribution in [0.15, 0.2) is 18.2 Å². The minimum atomic E-state index is -1.28. The molecule has 0 aliphatic carbocycles. The summed E-state index contributed by atoms with van der Waals surface area (Å²) in [6.07, 6.45) is 29.6. The number of aromatic carboxylic acids is 1. The Morgan fingerprint density at radius 2 is 1.02 bits per heavy atom. The zero-order chi connectivity index (χ0) is 30.2. The molecule has 1 aromatic rings.